The maximum absolute atomic E-state index is 11.5. The number of amides is 1. The van der Waals surface area contributed by atoms with Crippen molar-refractivity contribution < 1.29 is 14.1 Å². The fraction of sp³-hybridized carbons (Fsp3) is 0.231. The summed E-state index contributed by atoms with van der Waals surface area (Å²) in [6.07, 6.45) is 0. The van der Waals surface area contributed by atoms with E-state index in [0.717, 1.165) is 5.56 Å². The van der Waals surface area contributed by atoms with Gasteiger partial charge in [0.15, 0.2) is 12.4 Å². The number of anilines is 1. The molecular formula is C13H14N2O3. The standard InChI is InChI=1S/C13H14N2O3/c1-9-3-5-11(6-4-9)17-8-13(16)14-12-7-10(2)18-15-12/h3-7H,8H2,1-2H3,(H,14,15,16). The van der Waals surface area contributed by atoms with E-state index < -0.39 is 0 Å². The van der Waals surface area contributed by atoms with Crippen molar-refractivity contribution in [2.24, 2.45) is 0 Å². The summed E-state index contributed by atoms with van der Waals surface area (Å²) in [6, 6.07) is 9.14. The van der Waals surface area contributed by atoms with Crippen molar-refractivity contribution in [1.29, 1.82) is 0 Å². The van der Waals surface area contributed by atoms with Gasteiger partial charge in [-0.25, -0.2) is 0 Å². The third-order valence-electron chi connectivity index (χ3n) is 2.29. The molecule has 0 radical (unpaired) electrons. The lowest BCUT2D eigenvalue weighted by molar-refractivity contribution is -0.118. The van der Waals surface area contributed by atoms with Crippen LogP contribution in [0.25, 0.3) is 0 Å². The Balaban J connectivity index is 1.83. The molecule has 0 aliphatic rings. The van der Waals surface area contributed by atoms with Crippen LogP contribution in [-0.2, 0) is 4.79 Å². The predicted octanol–water partition coefficient (Wildman–Crippen LogP) is 2.31. The Hall–Kier alpha value is -2.30. The van der Waals surface area contributed by atoms with Gasteiger partial charge in [-0.05, 0) is 26.0 Å². The molecule has 1 N–H and O–H groups in total. The lowest BCUT2D eigenvalue weighted by Crippen LogP contribution is -2.20. The van der Waals surface area contributed by atoms with E-state index in [0.29, 0.717) is 17.3 Å². The highest BCUT2D eigenvalue weighted by atomic mass is 16.5. The van der Waals surface area contributed by atoms with Crippen LogP contribution in [0.2, 0.25) is 0 Å². The summed E-state index contributed by atoms with van der Waals surface area (Å²) < 4.78 is 10.2. The second-order valence-electron chi connectivity index (χ2n) is 3.97. The number of carbonyl (C=O) groups excluding carboxylic acids is 1. The van der Waals surface area contributed by atoms with Gasteiger partial charge in [-0.15, -0.1) is 0 Å². The van der Waals surface area contributed by atoms with Crippen LogP contribution in [0, 0.1) is 13.8 Å². The van der Waals surface area contributed by atoms with Crippen LogP contribution in [0.15, 0.2) is 34.9 Å². The molecule has 18 heavy (non-hydrogen) atoms. The fourth-order valence-electron chi connectivity index (χ4n) is 1.39. The second-order valence-corrected chi connectivity index (χ2v) is 3.97. The van der Waals surface area contributed by atoms with Crippen molar-refractivity contribution in [2.45, 2.75) is 13.8 Å². The lowest BCUT2D eigenvalue weighted by Gasteiger charge is -2.05. The Morgan fingerprint density at radius 1 is 1.33 bits per heavy atom. The van der Waals surface area contributed by atoms with E-state index in [1.54, 1.807) is 13.0 Å². The molecule has 0 saturated carbocycles. The molecular weight excluding hydrogens is 232 g/mol. The first-order chi connectivity index (χ1) is 8.63. The van der Waals surface area contributed by atoms with Crippen molar-refractivity contribution in [2.75, 3.05) is 11.9 Å². The summed E-state index contributed by atoms with van der Waals surface area (Å²) in [4.78, 5) is 11.5. The molecule has 0 fully saturated rings. The first-order valence-corrected chi connectivity index (χ1v) is 5.56. The van der Waals surface area contributed by atoms with E-state index in [9.17, 15) is 4.79 Å². The Morgan fingerprint density at radius 2 is 2.06 bits per heavy atom. The summed E-state index contributed by atoms with van der Waals surface area (Å²) in [5.74, 6) is 1.42. The fourth-order valence-corrected chi connectivity index (χ4v) is 1.39. The highest BCUT2D eigenvalue weighted by Crippen LogP contribution is 2.11. The van der Waals surface area contributed by atoms with Crippen molar-refractivity contribution >= 4 is 11.7 Å². The van der Waals surface area contributed by atoms with E-state index in [-0.39, 0.29) is 12.5 Å². The molecule has 1 heterocycles. The minimum Gasteiger partial charge on any atom is -0.484 e. The molecule has 0 unspecified atom stereocenters. The Morgan fingerprint density at radius 3 is 2.67 bits per heavy atom. The zero-order valence-electron chi connectivity index (χ0n) is 10.3. The minimum atomic E-state index is -0.274. The monoisotopic (exact) mass is 246 g/mol. The number of nitrogens with one attached hydrogen (secondary N) is 1. The third-order valence-corrected chi connectivity index (χ3v) is 2.29. The van der Waals surface area contributed by atoms with Gasteiger partial charge in [0.2, 0.25) is 0 Å². The smallest absolute Gasteiger partial charge is 0.263 e. The van der Waals surface area contributed by atoms with Crippen LogP contribution in [0.5, 0.6) is 5.75 Å². The van der Waals surface area contributed by atoms with Gasteiger partial charge in [-0.1, -0.05) is 22.9 Å². The molecule has 0 aliphatic carbocycles. The Labute approximate surface area is 105 Å². The number of nitrogens with zero attached hydrogens (tertiary/aromatic N) is 1. The quantitative estimate of drug-likeness (QED) is 0.899. The molecule has 1 aromatic carbocycles. The zero-order chi connectivity index (χ0) is 13.0. The van der Waals surface area contributed by atoms with Gasteiger partial charge in [-0.3, -0.25) is 4.79 Å². The van der Waals surface area contributed by atoms with Crippen LogP contribution in [0.1, 0.15) is 11.3 Å². The molecule has 1 aromatic heterocycles. The second kappa shape index (κ2) is 5.35. The van der Waals surface area contributed by atoms with E-state index in [1.165, 1.54) is 0 Å². The largest absolute Gasteiger partial charge is 0.484 e. The summed E-state index contributed by atoms with van der Waals surface area (Å²) in [5.41, 5.74) is 1.14. The SMILES string of the molecule is Cc1ccc(OCC(=O)Nc2cc(C)on2)cc1. The van der Waals surface area contributed by atoms with Gasteiger partial charge in [-0.2, -0.15) is 0 Å². The topological polar surface area (TPSA) is 64.4 Å². The molecule has 5 nitrogen and oxygen atoms in total. The molecule has 0 atom stereocenters. The van der Waals surface area contributed by atoms with E-state index in [2.05, 4.69) is 10.5 Å². The van der Waals surface area contributed by atoms with Gasteiger partial charge in [0.05, 0.1) is 0 Å². The maximum Gasteiger partial charge on any atom is 0.263 e. The number of hydrogen-bond donors (Lipinski definition) is 1. The third kappa shape index (κ3) is 3.35. The van der Waals surface area contributed by atoms with Crippen molar-refractivity contribution in [3.63, 3.8) is 0 Å². The minimum absolute atomic E-state index is 0.0605. The lowest BCUT2D eigenvalue weighted by atomic mass is 10.2. The highest BCUT2D eigenvalue weighted by molar-refractivity contribution is 5.90. The summed E-state index contributed by atoms with van der Waals surface area (Å²) in [5, 5.41) is 6.24. The highest BCUT2D eigenvalue weighted by Gasteiger charge is 2.06. The summed E-state index contributed by atoms with van der Waals surface area (Å²) in [6.45, 7) is 3.68. The number of rotatable bonds is 4. The van der Waals surface area contributed by atoms with Gasteiger partial charge in [0.25, 0.3) is 5.91 Å². The normalized spacial score (nSPS) is 10.1. The number of carbonyl (C=O) groups is 1. The van der Waals surface area contributed by atoms with Crippen LogP contribution in [-0.4, -0.2) is 17.7 Å². The van der Waals surface area contributed by atoms with E-state index in [1.807, 2.05) is 31.2 Å². The van der Waals surface area contributed by atoms with Crippen LogP contribution in [0.4, 0.5) is 5.82 Å². The molecule has 2 rings (SSSR count). The molecule has 0 spiro atoms. The average molecular weight is 246 g/mol. The number of benzene rings is 1. The van der Waals surface area contributed by atoms with Crippen LogP contribution < -0.4 is 10.1 Å². The average Bonchev–Trinajstić information content (AvgIpc) is 2.74. The Bertz CT molecular complexity index is 531. The van der Waals surface area contributed by atoms with E-state index in [4.69, 9.17) is 9.26 Å². The molecule has 0 saturated heterocycles. The molecule has 94 valence electrons. The van der Waals surface area contributed by atoms with Crippen molar-refractivity contribution in [1.82, 2.24) is 5.16 Å². The van der Waals surface area contributed by atoms with E-state index >= 15 is 0 Å². The molecule has 0 bridgehead atoms. The molecule has 1 amide bonds. The number of ether oxygens (including phenoxy) is 1. The van der Waals surface area contributed by atoms with Gasteiger partial charge >= 0.3 is 0 Å². The van der Waals surface area contributed by atoms with Gasteiger partial charge < -0.3 is 14.6 Å². The molecule has 0 aliphatic heterocycles. The molecule has 5 heteroatoms. The van der Waals surface area contributed by atoms with Crippen molar-refractivity contribution in [3.05, 3.63) is 41.7 Å². The predicted molar refractivity (Wildman–Crippen MR) is 66.5 cm³/mol. The molecule has 2 aromatic rings. The first-order valence-electron chi connectivity index (χ1n) is 5.56. The van der Waals surface area contributed by atoms with Crippen LogP contribution >= 0.6 is 0 Å². The summed E-state index contributed by atoms with van der Waals surface area (Å²) in [7, 11) is 0. The summed E-state index contributed by atoms with van der Waals surface area (Å²) >= 11 is 0. The first kappa shape index (κ1) is 12.2. The number of hydrogen-bond acceptors (Lipinski definition) is 4. The van der Waals surface area contributed by atoms with Gasteiger partial charge in [0.1, 0.15) is 11.5 Å². The number of aromatic nitrogens is 1. The maximum atomic E-state index is 11.5. The van der Waals surface area contributed by atoms with Crippen LogP contribution in [0.3, 0.4) is 0 Å². The van der Waals surface area contributed by atoms with Crippen molar-refractivity contribution in [3.8, 4) is 5.75 Å². The zero-order valence-corrected chi connectivity index (χ0v) is 10.3. The Kier molecular flexibility index (Phi) is 3.62. The van der Waals surface area contributed by atoms with Gasteiger partial charge in [0, 0.05) is 6.07 Å². The number of aryl methyl sites for hydroxylation is 2.